The third-order valence-electron chi connectivity index (χ3n) is 2.25. The fraction of sp³-hybridized carbons (Fsp3) is 0.182. The van der Waals surface area contributed by atoms with Crippen LogP contribution >= 0.6 is 0 Å². The lowest BCUT2D eigenvalue weighted by atomic mass is 10.1. The summed E-state index contributed by atoms with van der Waals surface area (Å²) in [4.78, 5) is 15.9. The van der Waals surface area contributed by atoms with E-state index in [9.17, 15) is 4.79 Å². The molecule has 2 heterocycles. The fourth-order valence-corrected chi connectivity index (χ4v) is 1.47. The summed E-state index contributed by atoms with van der Waals surface area (Å²) in [5.74, 6) is -0.223. The number of carbonyl (C=O) groups is 1. The van der Waals surface area contributed by atoms with Gasteiger partial charge in [0.1, 0.15) is 0 Å². The van der Waals surface area contributed by atoms with Crippen molar-refractivity contribution in [3.05, 3.63) is 35.8 Å². The smallest absolute Gasteiger partial charge is 0.272 e. The summed E-state index contributed by atoms with van der Waals surface area (Å²) in [5, 5.41) is 9.14. The second-order valence-electron chi connectivity index (χ2n) is 3.39. The van der Waals surface area contributed by atoms with Gasteiger partial charge in [0.05, 0.1) is 11.3 Å². The Balaban J connectivity index is 2.48. The first-order chi connectivity index (χ1) is 7.72. The Kier molecular flexibility index (Phi) is 2.68. The van der Waals surface area contributed by atoms with Gasteiger partial charge in [-0.25, -0.2) is 0 Å². The predicted molar refractivity (Wildman–Crippen MR) is 59.9 cm³/mol. The van der Waals surface area contributed by atoms with E-state index in [4.69, 9.17) is 0 Å². The van der Waals surface area contributed by atoms with Crippen molar-refractivity contribution in [2.45, 2.75) is 6.92 Å². The highest BCUT2D eigenvalue weighted by Gasteiger charge is 2.15. The monoisotopic (exact) mass is 216 g/mol. The van der Waals surface area contributed by atoms with Crippen molar-refractivity contribution < 1.29 is 4.79 Å². The number of aryl methyl sites for hydroxylation is 1. The molecule has 0 aliphatic rings. The van der Waals surface area contributed by atoms with E-state index in [0.717, 1.165) is 11.4 Å². The molecule has 2 rings (SSSR count). The van der Waals surface area contributed by atoms with Gasteiger partial charge in [-0.05, 0) is 19.1 Å². The van der Waals surface area contributed by atoms with Crippen LogP contribution in [0.4, 0.5) is 0 Å². The van der Waals surface area contributed by atoms with Crippen molar-refractivity contribution >= 4 is 5.91 Å². The first-order valence-electron chi connectivity index (χ1n) is 4.92. The molecule has 82 valence electrons. The Morgan fingerprint density at radius 3 is 2.94 bits per heavy atom. The number of H-pyrrole nitrogens is 1. The summed E-state index contributed by atoms with van der Waals surface area (Å²) in [6.07, 6.45) is 1.67. The zero-order valence-corrected chi connectivity index (χ0v) is 9.11. The summed E-state index contributed by atoms with van der Waals surface area (Å²) in [7, 11) is 1.57. The molecule has 0 atom stereocenters. The summed E-state index contributed by atoms with van der Waals surface area (Å²) in [6.45, 7) is 1.91. The van der Waals surface area contributed by atoms with Crippen molar-refractivity contribution in [3.8, 4) is 11.3 Å². The minimum Gasteiger partial charge on any atom is -0.354 e. The van der Waals surface area contributed by atoms with Crippen molar-refractivity contribution in [1.29, 1.82) is 0 Å². The van der Waals surface area contributed by atoms with E-state index in [-0.39, 0.29) is 5.91 Å². The Morgan fingerprint density at radius 2 is 2.25 bits per heavy atom. The number of rotatable bonds is 2. The second-order valence-corrected chi connectivity index (χ2v) is 3.39. The van der Waals surface area contributed by atoms with E-state index in [2.05, 4.69) is 20.5 Å². The van der Waals surface area contributed by atoms with Gasteiger partial charge in [-0.1, -0.05) is 6.07 Å². The van der Waals surface area contributed by atoms with Crippen LogP contribution in [0, 0.1) is 6.92 Å². The highest BCUT2D eigenvalue weighted by Crippen LogP contribution is 2.19. The van der Waals surface area contributed by atoms with Crippen LogP contribution in [0.5, 0.6) is 0 Å². The van der Waals surface area contributed by atoms with Crippen molar-refractivity contribution in [2.24, 2.45) is 0 Å². The normalized spacial score (nSPS) is 10.1. The van der Waals surface area contributed by atoms with E-state index >= 15 is 0 Å². The van der Waals surface area contributed by atoms with Crippen molar-refractivity contribution in [3.63, 3.8) is 0 Å². The molecule has 0 aliphatic heterocycles. The highest BCUT2D eigenvalue weighted by molar-refractivity contribution is 5.98. The molecule has 2 aromatic heterocycles. The summed E-state index contributed by atoms with van der Waals surface area (Å²) < 4.78 is 0. The molecule has 0 bridgehead atoms. The molecule has 0 saturated heterocycles. The van der Waals surface area contributed by atoms with Crippen LogP contribution in [0.2, 0.25) is 0 Å². The number of nitrogens with one attached hydrogen (secondary N) is 2. The van der Waals surface area contributed by atoms with Crippen molar-refractivity contribution in [2.75, 3.05) is 7.05 Å². The number of amides is 1. The van der Waals surface area contributed by atoms with Crippen LogP contribution in [0.25, 0.3) is 11.3 Å². The number of nitrogens with zero attached hydrogens (tertiary/aromatic N) is 2. The van der Waals surface area contributed by atoms with Gasteiger partial charge in [-0.15, -0.1) is 0 Å². The van der Waals surface area contributed by atoms with E-state index in [1.54, 1.807) is 13.2 Å². The first kappa shape index (κ1) is 10.4. The summed E-state index contributed by atoms with van der Waals surface area (Å²) >= 11 is 0. The minimum atomic E-state index is -0.223. The lowest BCUT2D eigenvalue weighted by Crippen LogP contribution is -2.19. The van der Waals surface area contributed by atoms with Gasteiger partial charge in [0.15, 0.2) is 5.69 Å². The molecule has 0 aliphatic carbocycles. The molecule has 0 aromatic carbocycles. The number of pyridine rings is 1. The zero-order valence-electron chi connectivity index (χ0n) is 9.11. The van der Waals surface area contributed by atoms with Crippen LogP contribution in [-0.2, 0) is 0 Å². The van der Waals surface area contributed by atoms with Gasteiger partial charge >= 0.3 is 0 Å². The molecule has 2 aromatic rings. The Labute approximate surface area is 92.9 Å². The maximum absolute atomic E-state index is 11.5. The van der Waals surface area contributed by atoms with Crippen molar-refractivity contribution in [1.82, 2.24) is 20.5 Å². The largest absolute Gasteiger partial charge is 0.354 e. The lowest BCUT2D eigenvalue weighted by molar-refractivity contribution is 0.0959. The molecule has 1 amide bonds. The second kappa shape index (κ2) is 4.14. The molecule has 5 nitrogen and oxygen atoms in total. The number of carbonyl (C=O) groups excluding carboxylic acids is 1. The standard InChI is InChI=1S/C11H12N4O/c1-7-4-3-5-9(14-7)8-6-13-15-10(8)11(16)12-2/h3-6H,1-2H3,(H,12,16)(H,13,15). The van der Waals surface area contributed by atoms with E-state index < -0.39 is 0 Å². The molecule has 0 unspecified atom stereocenters. The van der Waals surface area contributed by atoms with E-state index in [1.807, 2.05) is 25.1 Å². The predicted octanol–water partition coefficient (Wildman–Crippen LogP) is 1.14. The van der Waals surface area contributed by atoms with Gasteiger partial charge < -0.3 is 5.32 Å². The van der Waals surface area contributed by atoms with Gasteiger partial charge in [0, 0.05) is 18.9 Å². The number of aromatic nitrogens is 3. The van der Waals surface area contributed by atoms with Crippen LogP contribution in [-0.4, -0.2) is 28.1 Å². The molecule has 0 spiro atoms. The molecule has 0 radical (unpaired) electrons. The molecule has 0 saturated carbocycles. The summed E-state index contributed by atoms with van der Waals surface area (Å²) in [6, 6.07) is 5.66. The Hall–Kier alpha value is -2.17. The number of aromatic amines is 1. The third kappa shape index (κ3) is 1.79. The quantitative estimate of drug-likeness (QED) is 0.790. The number of hydrogen-bond donors (Lipinski definition) is 2. The minimum absolute atomic E-state index is 0.223. The average molecular weight is 216 g/mol. The Bertz CT molecular complexity index is 518. The molecule has 2 N–H and O–H groups in total. The van der Waals surface area contributed by atoms with E-state index in [1.165, 1.54) is 0 Å². The number of hydrogen-bond acceptors (Lipinski definition) is 3. The first-order valence-corrected chi connectivity index (χ1v) is 4.92. The van der Waals surface area contributed by atoms with Gasteiger partial charge in [-0.2, -0.15) is 5.10 Å². The lowest BCUT2D eigenvalue weighted by Gasteiger charge is -2.01. The SMILES string of the molecule is CNC(=O)c1n[nH]cc1-c1cccc(C)n1. The maximum Gasteiger partial charge on any atom is 0.272 e. The van der Waals surface area contributed by atoms with Gasteiger partial charge in [-0.3, -0.25) is 14.9 Å². The summed E-state index contributed by atoms with van der Waals surface area (Å²) in [5.41, 5.74) is 2.72. The highest BCUT2D eigenvalue weighted by atomic mass is 16.1. The fourth-order valence-electron chi connectivity index (χ4n) is 1.47. The van der Waals surface area contributed by atoms with Crippen LogP contribution in [0.1, 0.15) is 16.2 Å². The zero-order chi connectivity index (χ0) is 11.5. The van der Waals surface area contributed by atoms with Gasteiger partial charge in [0.25, 0.3) is 5.91 Å². The topological polar surface area (TPSA) is 70.7 Å². The molecule has 16 heavy (non-hydrogen) atoms. The van der Waals surface area contributed by atoms with Crippen LogP contribution < -0.4 is 5.32 Å². The van der Waals surface area contributed by atoms with Crippen LogP contribution in [0.15, 0.2) is 24.4 Å². The van der Waals surface area contributed by atoms with Crippen LogP contribution in [0.3, 0.4) is 0 Å². The average Bonchev–Trinajstić information content (AvgIpc) is 2.77. The Morgan fingerprint density at radius 1 is 1.44 bits per heavy atom. The maximum atomic E-state index is 11.5. The van der Waals surface area contributed by atoms with E-state index in [0.29, 0.717) is 11.3 Å². The molecule has 0 fully saturated rings. The van der Waals surface area contributed by atoms with Gasteiger partial charge in [0.2, 0.25) is 0 Å². The molecular formula is C11H12N4O. The third-order valence-corrected chi connectivity index (χ3v) is 2.25. The molecule has 5 heteroatoms. The molecular weight excluding hydrogens is 204 g/mol.